The van der Waals surface area contributed by atoms with Gasteiger partial charge in [-0.1, -0.05) is 12.1 Å². The molecule has 0 saturated heterocycles. The number of hydrogen-bond donors (Lipinski definition) is 2. The second-order valence-electron chi connectivity index (χ2n) is 7.21. The van der Waals surface area contributed by atoms with Crippen LogP contribution in [0.2, 0.25) is 0 Å². The minimum absolute atomic E-state index is 0.142. The largest absolute Gasteiger partial charge is 0.451 e. The first-order valence-electron chi connectivity index (χ1n) is 9.39. The average molecular weight is 435 g/mol. The van der Waals surface area contributed by atoms with Crippen molar-refractivity contribution >= 4 is 27.6 Å². The predicted molar refractivity (Wildman–Crippen MR) is 112 cm³/mol. The number of ketones is 2. The van der Waals surface area contributed by atoms with Gasteiger partial charge < -0.3 is 9.72 Å². The first-order chi connectivity index (χ1) is 13.9. The van der Waals surface area contributed by atoms with E-state index in [1.807, 2.05) is 0 Å². The summed E-state index contributed by atoms with van der Waals surface area (Å²) < 4.78 is 29.9. The summed E-state index contributed by atoms with van der Waals surface area (Å²) in [4.78, 5) is 39.7. The zero-order valence-electron chi connectivity index (χ0n) is 17.7. The number of ether oxygens (including phenoxy) is 1. The van der Waals surface area contributed by atoms with Crippen LogP contribution in [0.4, 0.5) is 0 Å². The highest BCUT2D eigenvalue weighted by Crippen LogP contribution is 2.21. The fraction of sp³-hybridized carbons (Fsp3) is 0.381. The van der Waals surface area contributed by atoms with Crippen LogP contribution >= 0.6 is 0 Å². The highest BCUT2D eigenvalue weighted by molar-refractivity contribution is 7.88. The van der Waals surface area contributed by atoms with E-state index < -0.39 is 27.9 Å². The first-order valence-corrected chi connectivity index (χ1v) is 11.3. The summed E-state index contributed by atoms with van der Waals surface area (Å²) in [5.74, 6) is -1.21. The van der Waals surface area contributed by atoms with Gasteiger partial charge in [-0.25, -0.2) is 17.9 Å². The molecule has 2 rings (SSSR count). The molecule has 1 aromatic carbocycles. The number of aryl methyl sites for hydroxylation is 1. The second-order valence-corrected chi connectivity index (χ2v) is 9.04. The van der Waals surface area contributed by atoms with Crippen LogP contribution in [-0.2, 0) is 21.2 Å². The zero-order chi connectivity index (χ0) is 22.6. The Bertz CT molecular complexity index is 1070. The summed E-state index contributed by atoms with van der Waals surface area (Å²) >= 11 is 0. The third-order valence-electron chi connectivity index (χ3n) is 4.66. The lowest BCUT2D eigenvalue weighted by molar-refractivity contribution is 0.0317. The van der Waals surface area contributed by atoms with Crippen molar-refractivity contribution in [2.75, 3.05) is 12.8 Å². The van der Waals surface area contributed by atoms with E-state index in [0.29, 0.717) is 23.2 Å². The van der Waals surface area contributed by atoms with E-state index in [9.17, 15) is 22.8 Å². The van der Waals surface area contributed by atoms with Crippen LogP contribution < -0.4 is 4.72 Å². The minimum atomic E-state index is -3.25. The molecular weight excluding hydrogens is 408 g/mol. The number of carbonyl (C=O) groups is 3. The maximum Gasteiger partial charge on any atom is 0.338 e. The molecular formula is C21H26N2O6S. The van der Waals surface area contributed by atoms with Crippen molar-refractivity contribution in [3.8, 4) is 0 Å². The Morgan fingerprint density at radius 3 is 2.23 bits per heavy atom. The number of H-pyrrole nitrogens is 1. The first kappa shape index (κ1) is 23.5. The van der Waals surface area contributed by atoms with Gasteiger partial charge in [0.05, 0.1) is 17.5 Å². The van der Waals surface area contributed by atoms with Gasteiger partial charge in [0, 0.05) is 17.8 Å². The SMILES string of the molecule is CC(=O)c1c(C)[nH]c(C(=O)[C@@H](C)OC(=O)c2ccc(CCNS(C)(=O)=O)cc2)c1C. The summed E-state index contributed by atoms with van der Waals surface area (Å²) in [6.45, 7) is 6.56. The fourth-order valence-corrected chi connectivity index (χ4v) is 3.67. The molecule has 0 amide bonds. The lowest BCUT2D eigenvalue weighted by Gasteiger charge is -2.12. The molecule has 1 atom stereocenters. The lowest BCUT2D eigenvalue weighted by atomic mass is 10.0. The van der Waals surface area contributed by atoms with Crippen molar-refractivity contribution < 1.29 is 27.5 Å². The maximum absolute atomic E-state index is 12.7. The number of carbonyl (C=O) groups excluding carboxylic acids is 3. The van der Waals surface area contributed by atoms with Gasteiger partial charge in [-0.05, 0) is 57.4 Å². The molecule has 1 heterocycles. The van der Waals surface area contributed by atoms with E-state index in [4.69, 9.17) is 4.74 Å². The van der Waals surface area contributed by atoms with Gasteiger partial charge in [0.2, 0.25) is 15.8 Å². The lowest BCUT2D eigenvalue weighted by Crippen LogP contribution is -2.25. The normalized spacial score (nSPS) is 12.4. The van der Waals surface area contributed by atoms with E-state index in [-0.39, 0.29) is 23.6 Å². The van der Waals surface area contributed by atoms with E-state index in [2.05, 4.69) is 9.71 Å². The molecule has 0 fully saturated rings. The van der Waals surface area contributed by atoms with Crippen LogP contribution in [0, 0.1) is 13.8 Å². The molecule has 0 aliphatic rings. The highest BCUT2D eigenvalue weighted by atomic mass is 32.2. The summed E-state index contributed by atoms with van der Waals surface area (Å²) in [5.41, 5.74) is 2.99. The standard InChI is InChI=1S/C21H26N2O6S/c1-12-18(14(3)24)13(2)23-19(12)20(25)15(4)29-21(26)17-8-6-16(7-9-17)10-11-22-30(5,27)28/h6-9,15,22-23H,10-11H2,1-5H3/t15-/m1/s1. The Labute approximate surface area is 176 Å². The maximum atomic E-state index is 12.7. The molecule has 2 aromatic rings. The van der Waals surface area contributed by atoms with Gasteiger partial charge in [0.1, 0.15) is 0 Å². The van der Waals surface area contributed by atoms with Gasteiger partial charge >= 0.3 is 5.97 Å². The Balaban J connectivity index is 2.02. The van der Waals surface area contributed by atoms with Crippen molar-refractivity contribution in [1.82, 2.24) is 9.71 Å². The quantitative estimate of drug-likeness (QED) is 0.461. The van der Waals surface area contributed by atoms with Crippen molar-refractivity contribution in [3.63, 3.8) is 0 Å². The van der Waals surface area contributed by atoms with Crippen molar-refractivity contribution in [2.45, 2.75) is 40.2 Å². The number of esters is 1. The van der Waals surface area contributed by atoms with Gasteiger partial charge in [0.25, 0.3) is 0 Å². The Morgan fingerprint density at radius 1 is 1.13 bits per heavy atom. The van der Waals surface area contributed by atoms with E-state index in [0.717, 1.165) is 11.8 Å². The fourth-order valence-electron chi connectivity index (χ4n) is 3.20. The van der Waals surface area contributed by atoms with E-state index in [1.165, 1.54) is 13.8 Å². The number of hydrogen-bond acceptors (Lipinski definition) is 6. The van der Waals surface area contributed by atoms with Crippen molar-refractivity contribution in [3.05, 3.63) is 57.9 Å². The van der Waals surface area contributed by atoms with Gasteiger partial charge in [-0.3, -0.25) is 9.59 Å². The Morgan fingerprint density at radius 2 is 1.73 bits per heavy atom. The Kier molecular flexibility index (Phi) is 7.33. The van der Waals surface area contributed by atoms with Crippen LogP contribution in [0.3, 0.4) is 0 Å². The third-order valence-corrected chi connectivity index (χ3v) is 5.39. The molecule has 0 saturated carbocycles. The molecule has 30 heavy (non-hydrogen) atoms. The molecule has 0 bridgehead atoms. The monoisotopic (exact) mass is 434 g/mol. The van der Waals surface area contributed by atoms with Gasteiger partial charge in [-0.2, -0.15) is 0 Å². The summed E-state index contributed by atoms with van der Waals surface area (Å²) in [6.07, 6.45) is 0.528. The molecule has 1 aromatic heterocycles. The molecule has 0 aliphatic carbocycles. The zero-order valence-corrected chi connectivity index (χ0v) is 18.5. The topological polar surface area (TPSA) is 122 Å². The van der Waals surface area contributed by atoms with E-state index >= 15 is 0 Å². The minimum Gasteiger partial charge on any atom is -0.451 e. The number of aromatic nitrogens is 1. The van der Waals surface area contributed by atoms with E-state index in [1.54, 1.807) is 38.1 Å². The second kappa shape index (κ2) is 9.36. The number of aromatic amines is 1. The third kappa shape index (κ3) is 5.87. The number of Topliss-reactive ketones (excluding diaryl/α,β-unsaturated/α-hetero) is 2. The number of nitrogens with one attached hydrogen (secondary N) is 2. The smallest absolute Gasteiger partial charge is 0.338 e. The summed E-state index contributed by atoms with van der Waals surface area (Å²) in [6, 6.07) is 6.52. The van der Waals surface area contributed by atoms with Crippen LogP contribution in [-0.4, -0.2) is 49.8 Å². The summed E-state index contributed by atoms with van der Waals surface area (Å²) in [5, 5.41) is 0. The van der Waals surface area contributed by atoms with Crippen LogP contribution in [0.1, 0.15) is 61.9 Å². The van der Waals surface area contributed by atoms with Crippen molar-refractivity contribution in [1.29, 1.82) is 0 Å². The van der Waals surface area contributed by atoms with Crippen LogP contribution in [0.15, 0.2) is 24.3 Å². The summed E-state index contributed by atoms with van der Waals surface area (Å²) in [7, 11) is -3.25. The number of rotatable bonds is 9. The van der Waals surface area contributed by atoms with Crippen molar-refractivity contribution in [2.24, 2.45) is 0 Å². The predicted octanol–water partition coefficient (Wildman–Crippen LogP) is 2.35. The van der Waals surface area contributed by atoms with Gasteiger partial charge in [-0.15, -0.1) is 0 Å². The van der Waals surface area contributed by atoms with Gasteiger partial charge in [0.15, 0.2) is 11.9 Å². The molecule has 2 N–H and O–H groups in total. The molecule has 0 aliphatic heterocycles. The number of benzene rings is 1. The molecule has 8 nitrogen and oxygen atoms in total. The Hall–Kier alpha value is -2.78. The average Bonchev–Trinajstić information content (AvgIpc) is 2.94. The van der Waals surface area contributed by atoms with Crippen LogP contribution in [0.5, 0.6) is 0 Å². The van der Waals surface area contributed by atoms with Crippen LogP contribution in [0.25, 0.3) is 0 Å². The molecule has 0 radical (unpaired) electrons. The molecule has 0 unspecified atom stereocenters. The molecule has 9 heteroatoms. The molecule has 0 spiro atoms. The number of sulfonamides is 1. The highest BCUT2D eigenvalue weighted by Gasteiger charge is 2.26. The molecule has 162 valence electrons.